The van der Waals surface area contributed by atoms with Crippen molar-refractivity contribution in [3.05, 3.63) is 41.2 Å². The van der Waals surface area contributed by atoms with E-state index in [1.165, 1.54) is 29.9 Å². The molecule has 0 fully saturated rings. The highest BCUT2D eigenvalue weighted by atomic mass is 35.5. The maximum absolute atomic E-state index is 12.1. The van der Waals surface area contributed by atoms with Gasteiger partial charge in [-0.15, -0.1) is 5.10 Å². The molecule has 0 aliphatic rings. The van der Waals surface area contributed by atoms with Crippen LogP contribution in [0.15, 0.2) is 30.5 Å². The van der Waals surface area contributed by atoms with E-state index < -0.39 is 0 Å². The lowest BCUT2D eigenvalue weighted by molar-refractivity contribution is -0.121. The fourth-order valence-electron chi connectivity index (χ4n) is 1.64. The largest absolute Gasteiger partial charge is 0.358 e. The molecule has 7 nitrogen and oxygen atoms in total. The summed E-state index contributed by atoms with van der Waals surface area (Å²) in [6.07, 6.45) is 1.51. The van der Waals surface area contributed by atoms with E-state index in [1.54, 1.807) is 24.3 Å². The van der Waals surface area contributed by atoms with Gasteiger partial charge in [-0.2, -0.15) is 0 Å². The Morgan fingerprint density at radius 3 is 2.62 bits per heavy atom. The molecule has 0 unspecified atom stereocenters. The van der Waals surface area contributed by atoms with Crippen molar-refractivity contribution in [3.63, 3.8) is 0 Å². The Balaban J connectivity index is 2.14. The zero-order chi connectivity index (χ0) is 15.4. The highest BCUT2D eigenvalue weighted by Gasteiger charge is 2.18. The summed E-state index contributed by atoms with van der Waals surface area (Å²) in [5.41, 5.74) is 0.899. The van der Waals surface area contributed by atoms with Gasteiger partial charge in [0, 0.05) is 19.1 Å². The van der Waals surface area contributed by atoms with Crippen molar-refractivity contribution in [1.29, 1.82) is 0 Å². The average molecular weight is 308 g/mol. The molecule has 0 aliphatic carbocycles. The summed E-state index contributed by atoms with van der Waals surface area (Å²) < 4.78 is 1.47. The third-order valence-electron chi connectivity index (χ3n) is 2.81. The highest BCUT2D eigenvalue weighted by molar-refractivity contribution is 6.30. The number of likely N-dealkylation sites (N-methyl/N-ethyl adjacent to an activating group) is 2. The molecule has 2 rings (SSSR count). The van der Waals surface area contributed by atoms with E-state index in [1.807, 2.05) is 0 Å². The number of halogens is 1. The normalized spacial score (nSPS) is 10.2. The molecule has 1 aromatic heterocycles. The minimum atomic E-state index is -0.376. The number of carbonyl (C=O) groups is 2. The van der Waals surface area contributed by atoms with E-state index in [9.17, 15) is 9.59 Å². The molecule has 2 aromatic rings. The van der Waals surface area contributed by atoms with Crippen molar-refractivity contribution >= 4 is 23.4 Å². The second-order valence-corrected chi connectivity index (χ2v) is 4.80. The van der Waals surface area contributed by atoms with E-state index in [-0.39, 0.29) is 24.1 Å². The minimum Gasteiger partial charge on any atom is -0.358 e. The van der Waals surface area contributed by atoms with Crippen LogP contribution in [0, 0.1) is 0 Å². The number of rotatable bonds is 4. The minimum absolute atomic E-state index is 0.0386. The second kappa shape index (κ2) is 6.36. The van der Waals surface area contributed by atoms with E-state index in [2.05, 4.69) is 15.6 Å². The summed E-state index contributed by atoms with van der Waals surface area (Å²) in [6, 6.07) is 6.97. The molecule has 0 atom stereocenters. The van der Waals surface area contributed by atoms with E-state index in [0.29, 0.717) is 5.02 Å². The first-order valence-electron chi connectivity index (χ1n) is 6.15. The van der Waals surface area contributed by atoms with Crippen LogP contribution in [0.2, 0.25) is 5.02 Å². The quantitative estimate of drug-likeness (QED) is 0.903. The Morgan fingerprint density at radius 1 is 1.33 bits per heavy atom. The molecule has 110 valence electrons. The van der Waals surface area contributed by atoms with Gasteiger partial charge in [0.25, 0.3) is 5.91 Å². The van der Waals surface area contributed by atoms with Crippen LogP contribution in [0.5, 0.6) is 0 Å². The Hall–Kier alpha value is -2.41. The predicted octanol–water partition coefficient (Wildman–Crippen LogP) is 0.739. The summed E-state index contributed by atoms with van der Waals surface area (Å²) in [5.74, 6) is -0.630. The van der Waals surface area contributed by atoms with Crippen molar-refractivity contribution in [2.75, 3.05) is 20.6 Å². The van der Waals surface area contributed by atoms with Gasteiger partial charge in [0.15, 0.2) is 5.69 Å². The molecule has 0 aliphatic heterocycles. The van der Waals surface area contributed by atoms with Crippen LogP contribution < -0.4 is 5.32 Å². The highest BCUT2D eigenvalue weighted by Crippen LogP contribution is 2.13. The van der Waals surface area contributed by atoms with Crippen molar-refractivity contribution < 1.29 is 9.59 Å². The molecule has 0 saturated carbocycles. The van der Waals surface area contributed by atoms with Gasteiger partial charge < -0.3 is 10.2 Å². The van der Waals surface area contributed by atoms with E-state index >= 15 is 0 Å². The Kier molecular flexibility index (Phi) is 4.54. The summed E-state index contributed by atoms with van der Waals surface area (Å²) in [7, 11) is 3.04. The molecule has 8 heteroatoms. The number of hydrogen-bond acceptors (Lipinski definition) is 4. The first-order chi connectivity index (χ1) is 10.0. The molecule has 1 aromatic carbocycles. The SMILES string of the molecule is CNC(=O)CN(C)C(=O)c1cn(-c2ccc(Cl)cc2)nn1. The van der Waals surface area contributed by atoms with E-state index in [0.717, 1.165) is 5.69 Å². The maximum Gasteiger partial charge on any atom is 0.276 e. The number of carbonyl (C=O) groups excluding carboxylic acids is 2. The van der Waals surface area contributed by atoms with Crippen LogP contribution in [0.1, 0.15) is 10.5 Å². The molecule has 1 N–H and O–H groups in total. The summed E-state index contributed by atoms with van der Waals surface area (Å²) >= 11 is 5.81. The average Bonchev–Trinajstić information content (AvgIpc) is 2.96. The zero-order valence-electron chi connectivity index (χ0n) is 11.6. The lowest BCUT2D eigenvalue weighted by atomic mass is 10.3. The fourth-order valence-corrected chi connectivity index (χ4v) is 1.77. The topological polar surface area (TPSA) is 80.1 Å². The Labute approximate surface area is 126 Å². The number of amides is 2. The van der Waals surface area contributed by atoms with E-state index in [4.69, 9.17) is 11.6 Å². The van der Waals surface area contributed by atoms with Gasteiger partial charge in [0.05, 0.1) is 18.4 Å². The van der Waals surface area contributed by atoms with Crippen LogP contribution in [-0.4, -0.2) is 52.3 Å². The van der Waals surface area contributed by atoms with Gasteiger partial charge in [0.2, 0.25) is 5.91 Å². The van der Waals surface area contributed by atoms with Gasteiger partial charge in [-0.25, -0.2) is 4.68 Å². The molecule has 2 amide bonds. The standard InChI is InChI=1S/C13H14ClN5O2/c1-15-12(20)8-18(2)13(21)11-7-19(17-16-11)10-5-3-9(14)4-6-10/h3-7H,8H2,1-2H3,(H,15,20). The molecule has 0 saturated heterocycles. The van der Waals surface area contributed by atoms with Gasteiger partial charge in [-0.3, -0.25) is 9.59 Å². The smallest absolute Gasteiger partial charge is 0.276 e. The molecular formula is C13H14ClN5O2. The zero-order valence-corrected chi connectivity index (χ0v) is 12.3. The number of nitrogens with one attached hydrogen (secondary N) is 1. The monoisotopic (exact) mass is 307 g/mol. The second-order valence-electron chi connectivity index (χ2n) is 4.36. The van der Waals surface area contributed by atoms with Gasteiger partial charge >= 0.3 is 0 Å². The summed E-state index contributed by atoms with van der Waals surface area (Å²) in [5, 5.41) is 10.8. The third-order valence-corrected chi connectivity index (χ3v) is 3.06. The van der Waals surface area contributed by atoms with Gasteiger partial charge in [0.1, 0.15) is 0 Å². The lowest BCUT2D eigenvalue weighted by Crippen LogP contribution is -2.37. The molecule has 0 spiro atoms. The van der Waals surface area contributed by atoms with Gasteiger partial charge in [-0.1, -0.05) is 16.8 Å². The van der Waals surface area contributed by atoms with Crippen LogP contribution in [0.3, 0.4) is 0 Å². The fraction of sp³-hybridized carbons (Fsp3) is 0.231. The molecule has 1 heterocycles. The Morgan fingerprint density at radius 2 is 2.00 bits per heavy atom. The Bertz CT molecular complexity index is 653. The van der Waals surface area contributed by atoms with Gasteiger partial charge in [-0.05, 0) is 24.3 Å². The maximum atomic E-state index is 12.1. The number of aromatic nitrogens is 3. The van der Waals surface area contributed by atoms with Crippen LogP contribution in [0.25, 0.3) is 5.69 Å². The molecular weight excluding hydrogens is 294 g/mol. The third kappa shape index (κ3) is 3.57. The van der Waals surface area contributed by atoms with Crippen molar-refractivity contribution in [1.82, 2.24) is 25.2 Å². The van der Waals surface area contributed by atoms with Crippen molar-refractivity contribution in [2.45, 2.75) is 0 Å². The summed E-state index contributed by atoms with van der Waals surface area (Å²) in [4.78, 5) is 24.6. The first kappa shape index (κ1) is 15.0. The molecule has 0 radical (unpaired) electrons. The van der Waals surface area contributed by atoms with Crippen molar-refractivity contribution in [3.8, 4) is 5.69 Å². The number of benzene rings is 1. The van der Waals surface area contributed by atoms with Crippen LogP contribution in [-0.2, 0) is 4.79 Å². The predicted molar refractivity (Wildman–Crippen MR) is 77.4 cm³/mol. The first-order valence-corrected chi connectivity index (χ1v) is 6.53. The number of nitrogens with zero attached hydrogens (tertiary/aromatic N) is 4. The molecule has 0 bridgehead atoms. The lowest BCUT2D eigenvalue weighted by Gasteiger charge is -2.13. The van der Waals surface area contributed by atoms with Crippen molar-refractivity contribution in [2.24, 2.45) is 0 Å². The summed E-state index contributed by atoms with van der Waals surface area (Å²) in [6.45, 7) is -0.0386. The van der Waals surface area contributed by atoms with Crippen LogP contribution in [0.4, 0.5) is 0 Å². The number of hydrogen-bond donors (Lipinski definition) is 1. The molecule has 21 heavy (non-hydrogen) atoms. The van der Waals surface area contributed by atoms with Crippen LogP contribution >= 0.6 is 11.6 Å².